The summed E-state index contributed by atoms with van der Waals surface area (Å²) in [6.45, 7) is 0. The predicted molar refractivity (Wildman–Crippen MR) is 78.9 cm³/mol. The number of fused-ring (bicyclic) bond motifs is 3. The summed E-state index contributed by atoms with van der Waals surface area (Å²) >= 11 is 0. The van der Waals surface area contributed by atoms with E-state index in [4.69, 9.17) is 0 Å². The fourth-order valence-electron chi connectivity index (χ4n) is 2.76. The van der Waals surface area contributed by atoms with Crippen LogP contribution in [0.3, 0.4) is 0 Å². The first-order chi connectivity index (χ1) is 9.28. The largest absolute Gasteiger partial charge is 0.388 e. The Morgan fingerprint density at radius 2 is 1.37 bits per heavy atom. The molecule has 0 spiro atoms. The van der Waals surface area contributed by atoms with Gasteiger partial charge in [0.15, 0.2) is 0 Å². The molecule has 0 saturated carbocycles. The summed E-state index contributed by atoms with van der Waals surface area (Å²) in [5.74, 6) is -0.161. The van der Waals surface area contributed by atoms with Gasteiger partial charge in [0.05, 0.1) is 5.92 Å². The van der Waals surface area contributed by atoms with Crippen LogP contribution in [0.15, 0.2) is 36.4 Å². The molecule has 0 bridgehead atoms. The van der Waals surface area contributed by atoms with Crippen molar-refractivity contribution in [1.82, 2.24) is 0 Å². The van der Waals surface area contributed by atoms with Gasteiger partial charge in [-0.15, -0.1) is 0 Å². The van der Waals surface area contributed by atoms with E-state index in [9.17, 15) is 4.79 Å². The minimum atomic E-state index is -0.161. The van der Waals surface area contributed by atoms with Gasteiger partial charge in [0.1, 0.15) is 6.29 Å². The Balaban J connectivity index is 2.21. The second kappa shape index (κ2) is 4.43. The topological polar surface area (TPSA) is 41.1 Å². The lowest BCUT2D eigenvalue weighted by Crippen LogP contribution is -1.99. The van der Waals surface area contributed by atoms with Crippen molar-refractivity contribution in [3.05, 3.63) is 47.5 Å². The van der Waals surface area contributed by atoms with E-state index in [0.29, 0.717) is 0 Å². The normalized spacial score (nSPS) is 12.7. The van der Waals surface area contributed by atoms with Crippen LogP contribution in [0.4, 0.5) is 11.4 Å². The van der Waals surface area contributed by atoms with Crippen molar-refractivity contribution < 1.29 is 4.79 Å². The molecule has 19 heavy (non-hydrogen) atoms. The highest BCUT2D eigenvalue weighted by Gasteiger charge is 2.28. The highest BCUT2D eigenvalue weighted by atomic mass is 16.1. The number of carbonyl (C=O) groups is 1. The molecule has 0 aliphatic heterocycles. The van der Waals surface area contributed by atoms with E-state index < -0.39 is 0 Å². The van der Waals surface area contributed by atoms with Crippen LogP contribution >= 0.6 is 0 Å². The fourth-order valence-corrected chi connectivity index (χ4v) is 2.76. The van der Waals surface area contributed by atoms with Gasteiger partial charge in [-0.05, 0) is 46.5 Å². The molecule has 96 valence electrons. The Morgan fingerprint density at radius 1 is 0.895 bits per heavy atom. The lowest BCUT2D eigenvalue weighted by molar-refractivity contribution is -0.108. The predicted octanol–water partition coefficient (Wildman–Crippen LogP) is 3.08. The van der Waals surface area contributed by atoms with Gasteiger partial charge in [-0.25, -0.2) is 0 Å². The van der Waals surface area contributed by atoms with Crippen molar-refractivity contribution in [2.75, 3.05) is 24.7 Å². The third-order valence-electron chi connectivity index (χ3n) is 3.78. The van der Waals surface area contributed by atoms with Crippen LogP contribution in [0.25, 0.3) is 11.1 Å². The second-order valence-corrected chi connectivity index (χ2v) is 4.72. The van der Waals surface area contributed by atoms with Gasteiger partial charge >= 0.3 is 0 Å². The lowest BCUT2D eigenvalue weighted by Gasteiger charge is -2.08. The number of hydrogen-bond donors (Lipinski definition) is 2. The Hall–Kier alpha value is -2.29. The van der Waals surface area contributed by atoms with Crippen molar-refractivity contribution in [2.24, 2.45) is 0 Å². The number of aldehydes is 1. The summed E-state index contributed by atoms with van der Waals surface area (Å²) in [5, 5.41) is 6.24. The Labute approximate surface area is 112 Å². The molecule has 0 saturated heterocycles. The smallest absolute Gasteiger partial charge is 0.131 e. The lowest BCUT2D eigenvalue weighted by atomic mass is 9.98. The Bertz CT molecular complexity index is 596. The van der Waals surface area contributed by atoms with Crippen molar-refractivity contribution >= 4 is 17.7 Å². The number of carbonyl (C=O) groups excluding carboxylic acids is 1. The Kier molecular flexibility index (Phi) is 2.75. The second-order valence-electron chi connectivity index (χ2n) is 4.72. The first-order valence-electron chi connectivity index (χ1n) is 6.37. The van der Waals surface area contributed by atoms with Gasteiger partial charge in [0, 0.05) is 25.5 Å². The van der Waals surface area contributed by atoms with Crippen molar-refractivity contribution in [2.45, 2.75) is 5.92 Å². The molecule has 0 radical (unpaired) electrons. The first kappa shape index (κ1) is 11.8. The minimum absolute atomic E-state index is 0.161. The summed E-state index contributed by atoms with van der Waals surface area (Å²) in [5.41, 5.74) is 6.57. The zero-order valence-corrected chi connectivity index (χ0v) is 11.0. The van der Waals surface area contributed by atoms with E-state index in [-0.39, 0.29) is 5.92 Å². The van der Waals surface area contributed by atoms with Crippen LogP contribution in [-0.2, 0) is 4.79 Å². The van der Waals surface area contributed by atoms with Crippen LogP contribution < -0.4 is 10.6 Å². The van der Waals surface area contributed by atoms with Crippen molar-refractivity contribution in [3.8, 4) is 11.1 Å². The molecule has 3 rings (SSSR count). The van der Waals surface area contributed by atoms with Gasteiger partial charge in [-0.1, -0.05) is 12.1 Å². The number of rotatable bonds is 3. The van der Waals surface area contributed by atoms with Gasteiger partial charge in [-0.3, -0.25) is 0 Å². The summed E-state index contributed by atoms with van der Waals surface area (Å²) in [4.78, 5) is 11.5. The number of anilines is 2. The molecule has 0 amide bonds. The van der Waals surface area contributed by atoms with Crippen LogP contribution in [0.1, 0.15) is 17.0 Å². The molecule has 0 atom stereocenters. The van der Waals surface area contributed by atoms with Gasteiger partial charge in [0.2, 0.25) is 0 Å². The van der Waals surface area contributed by atoms with Crippen LogP contribution in [0, 0.1) is 0 Å². The van der Waals surface area contributed by atoms with Crippen LogP contribution in [-0.4, -0.2) is 20.4 Å². The zero-order chi connectivity index (χ0) is 13.4. The van der Waals surface area contributed by atoms with Crippen molar-refractivity contribution in [3.63, 3.8) is 0 Å². The molecular formula is C16H16N2O. The molecule has 0 unspecified atom stereocenters. The Morgan fingerprint density at radius 3 is 1.74 bits per heavy atom. The van der Waals surface area contributed by atoms with Gasteiger partial charge in [0.25, 0.3) is 0 Å². The summed E-state index contributed by atoms with van der Waals surface area (Å²) in [6.07, 6.45) is 1.03. The average molecular weight is 252 g/mol. The number of nitrogens with one attached hydrogen (secondary N) is 2. The van der Waals surface area contributed by atoms with Gasteiger partial charge in [-0.2, -0.15) is 0 Å². The highest BCUT2D eigenvalue weighted by Crippen LogP contribution is 2.45. The average Bonchev–Trinajstić information content (AvgIpc) is 2.78. The monoisotopic (exact) mass is 252 g/mol. The van der Waals surface area contributed by atoms with Crippen LogP contribution in [0.2, 0.25) is 0 Å². The molecule has 2 aromatic carbocycles. The van der Waals surface area contributed by atoms with Gasteiger partial charge < -0.3 is 15.4 Å². The maximum absolute atomic E-state index is 11.5. The molecule has 0 aromatic heterocycles. The summed E-state index contributed by atoms with van der Waals surface area (Å²) in [7, 11) is 3.78. The molecule has 0 fully saturated rings. The molecule has 3 nitrogen and oxygen atoms in total. The minimum Gasteiger partial charge on any atom is -0.388 e. The number of hydrogen-bond acceptors (Lipinski definition) is 3. The molecule has 3 heteroatoms. The first-order valence-corrected chi connectivity index (χ1v) is 6.37. The van der Waals surface area contributed by atoms with E-state index in [0.717, 1.165) is 39.9 Å². The number of benzene rings is 2. The van der Waals surface area contributed by atoms with Crippen molar-refractivity contribution in [1.29, 1.82) is 0 Å². The SMILES string of the molecule is CNc1ccc2c(c1)C(C=O)c1cc(NC)ccc1-2. The molecule has 2 N–H and O–H groups in total. The zero-order valence-electron chi connectivity index (χ0n) is 11.0. The molecule has 0 heterocycles. The van der Waals surface area contributed by atoms with E-state index in [1.54, 1.807) is 0 Å². The third-order valence-corrected chi connectivity index (χ3v) is 3.78. The highest BCUT2D eigenvalue weighted by molar-refractivity contribution is 5.89. The maximum atomic E-state index is 11.5. The molecule has 1 aliphatic rings. The van der Waals surface area contributed by atoms with E-state index in [1.165, 1.54) is 0 Å². The van der Waals surface area contributed by atoms with E-state index in [2.05, 4.69) is 34.9 Å². The molecular weight excluding hydrogens is 236 g/mol. The fraction of sp³-hybridized carbons (Fsp3) is 0.188. The summed E-state index contributed by atoms with van der Waals surface area (Å²) < 4.78 is 0. The third kappa shape index (κ3) is 1.70. The summed E-state index contributed by atoms with van der Waals surface area (Å²) in [6, 6.07) is 12.4. The standard InChI is InChI=1S/C16H16N2O/c1-17-10-3-5-12-13-6-4-11(18-2)8-15(13)16(9-19)14(12)7-10/h3-9,16-18H,1-2H3. The quantitative estimate of drug-likeness (QED) is 0.825. The molecule has 2 aromatic rings. The van der Waals surface area contributed by atoms with E-state index in [1.807, 2.05) is 26.2 Å². The van der Waals surface area contributed by atoms with E-state index >= 15 is 0 Å². The maximum Gasteiger partial charge on any atom is 0.131 e. The molecule has 1 aliphatic carbocycles. The van der Waals surface area contributed by atoms with Crippen LogP contribution in [0.5, 0.6) is 0 Å².